The molecule has 2 nitrogen and oxygen atoms in total. The number of halogens is 1. The lowest BCUT2D eigenvalue weighted by Crippen LogP contribution is -2.04. The SMILES string of the molecule is C[C@@H](O)Cc1cccc(F)c1O. The largest absolute Gasteiger partial charge is 0.505 e. The number of aliphatic hydroxyl groups is 1. The van der Waals surface area contributed by atoms with Gasteiger partial charge in [0.1, 0.15) is 0 Å². The first kappa shape index (κ1) is 9.00. The van der Waals surface area contributed by atoms with E-state index in [4.69, 9.17) is 10.2 Å². The second-order valence-corrected chi connectivity index (χ2v) is 2.80. The van der Waals surface area contributed by atoms with Gasteiger partial charge in [-0.1, -0.05) is 12.1 Å². The zero-order chi connectivity index (χ0) is 9.14. The Balaban J connectivity index is 2.92. The van der Waals surface area contributed by atoms with Crippen molar-refractivity contribution in [2.45, 2.75) is 19.4 Å². The Bertz CT molecular complexity index is 271. The second-order valence-electron chi connectivity index (χ2n) is 2.80. The number of aromatic hydroxyl groups is 1. The monoisotopic (exact) mass is 170 g/mol. The molecule has 0 spiro atoms. The summed E-state index contributed by atoms with van der Waals surface area (Å²) in [5.41, 5.74) is 0.435. The number of hydrogen-bond acceptors (Lipinski definition) is 2. The number of aliphatic hydroxyl groups excluding tert-OH is 1. The molecule has 1 aromatic carbocycles. The van der Waals surface area contributed by atoms with Gasteiger partial charge in [-0.2, -0.15) is 0 Å². The Kier molecular flexibility index (Phi) is 2.65. The van der Waals surface area contributed by atoms with Crippen molar-refractivity contribution in [3.63, 3.8) is 0 Å². The molecule has 1 atom stereocenters. The van der Waals surface area contributed by atoms with Gasteiger partial charge in [0.25, 0.3) is 0 Å². The fourth-order valence-electron chi connectivity index (χ4n) is 1.04. The molecule has 0 aliphatic rings. The minimum absolute atomic E-state index is 0.267. The van der Waals surface area contributed by atoms with Gasteiger partial charge < -0.3 is 10.2 Å². The summed E-state index contributed by atoms with van der Waals surface area (Å²) >= 11 is 0. The van der Waals surface area contributed by atoms with Crippen LogP contribution in [0, 0.1) is 5.82 Å². The fraction of sp³-hybridized carbons (Fsp3) is 0.333. The lowest BCUT2D eigenvalue weighted by molar-refractivity contribution is 0.194. The predicted molar refractivity (Wildman–Crippen MR) is 43.4 cm³/mol. The molecule has 0 saturated carbocycles. The first-order valence-corrected chi connectivity index (χ1v) is 3.75. The van der Waals surface area contributed by atoms with Gasteiger partial charge in [0.2, 0.25) is 0 Å². The average molecular weight is 170 g/mol. The highest BCUT2D eigenvalue weighted by atomic mass is 19.1. The van der Waals surface area contributed by atoms with Crippen molar-refractivity contribution in [2.75, 3.05) is 0 Å². The molecule has 0 heterocycles. The van der Waals surface area contributed by atoms with Crippen LogP contribution >= 0.6 is 0 Å². The summed E-state index contributed by atoms with van der Waals surface area (Å²) in [6.07, 6.45) is -0.304. The van der Waals surface area contributed by atoms with E-state index in [9.17, 15) is 4.39 Å². The summed E-state index contributed by atoms with van der Waals surface area (Å²) in [6, 6.07) is 4.28. The van der Waals surface area contributed by atoms with E-state index < -0.39 is 11.9 Å². The Hall–Kier alpha value is -1.09. The maximum atomic E-state index is 12.7. The third kappa shape index (κ3) is 1.95. The van der Waals surface area contributed by atoms with E-state index in [1.807, 2.05) is 0 Å². The highest BCUT2D eigenvalue weighted by Crippen LogP contribution is 2.21. The van der Waals surface area contributed by atoms with Crippen LogP contribution in [0.5, 0.6) is 5.75 Å². The van der Waals surface area contributed by atoms with Crippen molar-refractivity contribution >= 4 is 0 Å². The number of phenols is 1. The molecule has 0 saturated heterocycles. The Morgan fingerprint density at radius 1 is 1.50 bits per heavy atom. The van der Waals surface area contributed by atoms with Crippen molar-refractivity contribution in [3.8, 4) is 5.75 Å². The minimum Gasteiger partial charge on any atom is -0.505 e. The Morgan fingerprint density at radius 2 is 2.17 bits per heavy atom. The minimum atomic E-state index is -0.645. The Labute approximate surface area is 70.3 Å². The van der Waals surface area contributed by atoms with Crippen molar-refractivity contribution in [3.05, 3.63) is 29.6 Å². The third-order valence-corrected chi connectivity index (χ3v) is 1.59. The van der Waals surface area contributed by atoms with Crippen LogP contribution < -0.4 is 0 Å². The molecule has 0 amide bonds. The molecule has 2 N–H and O–H groups in total. The van der Waals surface area contributed by atoms with Crippen LogP contribution in [0.25, 0.3) is 0 Å². The molecule has 3 heteroatoms. The second kappa shape index (κ2) is 3.54. The number of hydrogen-bond donors (Lipinski definition) is 2. The van der Waals surface area contributed by atoms with E-state index in [0.29, 0.717) is 5.56 Å². The molecular formula is C9H11FO2. The summed E-state index contributed by atoms with van der Waals surface area (Å²) in [5, 5.41) is 18.1. The van der Waals surface area contributed by atoms with Gasteiger partial charge in [0.15, 0.2) is 11.6 Å². The van der Waals surface area contributed by atoms with Crippen LogP contribution in [-0.4, -0.2) is 16.3 Å². The molecule has 1 aromatic rings. The van der Waals surface area contributed by atoms with Gasteiger partial charge in [-0.3, -0.25) is 0 Å². The summed E-state index contributed by atoms with van der Waals surface area (Å²) < 4.78 is 12.7. The summed E-state index contributed by atoms with van der Waals surface area (Å²) in [5.74, 6) is -1.01. The lowest BCUT2D eigenvalue weighted by atomic mass is 10.1. The smallest absolute Gasteiger partial charge is 0.165 e. The molecule has 0 aliphatic carbocycles. The molecule has 0 fully saturated rings. The fourth-order valence-corrected chi connectivity index (χ4v) is 1.04. The van der Waals surface area contributed by atoms with Gasteiger partial charge >= 0.3 is 0 Å². The average Bonchev–Trinajstić information content (AvgIpc) is 1.98. The number of benzene rings is 1. The molecule has 1 rings (SSSR count). The van der Waals surface area contributed by atoms with Crippen LogP contribution in [0.1, 0.15) is 12.5 Å². The van der Waals surface area contributed by atoms with Gasteiger partial charge in [-0.15, -0.1) is 0 Å². The lowest BCUT2D eigenvalue weighted by Gasteiger charge is -2.06. The van der Waals surface area contributed by atoms with E-state index >= 15 is 0 Å². The van der Waals surface area contributed by atoms with Gasteiger partial charge in [0, 0.05) is 6.42 Å². The first-order valence-electron chi connectivity index (χ1n) is 3.75. The van der Waals surface area contributed by atoms with Crippen LogP contribution in [-0.2, 0) is 6.42 Å². The van der Waals surface area contributed by atoms with Crippen molar-refractivity contribution < 1.29 is 14.6 Å². The van der Waals surface area contributed by atoms with Gasteiger partial charge in [0.05, 0.1) is 6.10 Å². The van der Waals surface area contributed by atoms with E-state index in [1.165, 1.54) is 12.1 Å². The number of phenolic OH excluding ortho intramolecular Hbond substituents is 1. The Morgan fingerprint density at radius 3 is 2.75 bits per heavy atom. The van der Waals surface area contributed by atoms with E-state index in [-0.39, 0.29) is 12.2 Å². The van der Waals surface area contributed by atoms with Crippen molar-refractivity contribution in [1.29, 1.82) is 0 Å². The molecule has 0 aliphatic heterocycles. The standard InChI is InChI=1S/C9H11FO2/c1-6(11)5-7-3-2-4-8(10)9(7)12/h2-4,6,11-12H,5H2,1H3/t6-/m1/s1. The quantitative estimate of drug-likeness (QED) is 0.705. The van der Waals surface area contributed by atoms with Gasteiger partial charge in [-0.25, -0.2) is 4.39 Å². The maximum Gasteiger partial charge on any atom is 0.165 e. The molecule has 0 radical (unpaired) electrons. The normalized spacial score (nSPS) is 12.9. The van der Waals surface area contributed by atoms with Crippen molar-refractivity contribution in [2.24, 2.45) is 0 Å². The van der Waals surface area contributed by atoms with E-state index in [0.717, 1.165) is 0 Å². The highest BCUT2D eigenvalue weighted by molar-refractivity contribution is 5.33. The summed E-state index contributed by atoms with van der Waals surface area (Å²) in [6.45, 7) is 1.59. The summed E-state index contributed by atoms with van der Waals surface area (Å²) in [7, 11) is 0. The molecule has 66 valence electrons. The molecular weight excluding hydrogens is 159 g/mol. The van der Waals surface area contributed by atoms with Crippen LogP contribution in [0.2, 0.25) is 0 Å². The molecule has 12 heavy (non-hydrogen) atoms. The first-order chi connectivity index (χ1) is 5.61. The molecule has 0 aromatic heterocycles. The van der Waals surface area contributed by atoms with Crippen molar-refractivity contribution in [1.82, 2.24) is 0 Å². The molecule has 0 unspecified atom stereocenters. The van der Waals surface area contributed by atoms with Crippen LogP contribution in [0.4, 0.5) is 4.39 Å². The molecule has 0 bridgehead atoms. The highest BCUT2D eigenvalue weighted by Gasteiger charge is 2.07. The van der Waals surface area contributed by atoms with Gasteiger partial charge in [-0.05, 0) is 18.6 Å². The maximum absolute atomic E-state index is 12.7. The van der Waals surface area contributed by atoms with E-state index in [2.05, 4.69) is 0 Å². The number of rotatable bonds is 2. The van der Waals surface area contributed by atoms with Crippen LogP contribution in [0.3, 0.4) is 0 Å². The predicted octanol–water partition coefficient (Wildman–Crippen LogP) is 1.45. The topological polar surface area (TPSA) is 40.5 Å². The number of para-hydroxylation sites is 1. The van der Waals surface area contributed by atoms with Crippen LogP contribution in [0.15, 0.2) is 18.2 Å². The zero-order valence-corrected chi connectivity index (χ0v) is 6.79. The third-order valence-electron chi connectivity index (χ3n) is 1.59. The zero-order valence-electron chi connectivity index (χ0n) is 6.79. The van der Waals surface area contributed by atoms with E-state index in [1.54, 1.807) is 13.0 Å². The summed E-state index contributed by atoms with van der Waals surface area (Å²) in [4.78, 5) is 0.